The Morgan fingerprint density at radius 2 is 1.80 bits per heavy atom. The summed E-state index contributed by atoms with van der Waals surface area (Å²) < 4.78 is 9.96. The van der Waals surface area contributed by atoms with Crippen LogP contribution >= 0.6 is 0 Å². The number of carbonyl (C=O) groups excluding carboxylic acids is 3. The number of rotatable bonds is 7. The second-order valence-corrected chi connectivity index (χ2v) is 7.86. The van der Waals surface area contributed by atoms with E-state index in [-0.39, 0.29) is 17.9 Å². The second kappa shape index (κ2) is 10.4. The highest BCUT2D eigenvalue weighted by Gasteiger charge is 2.36. The number of methoxy groups -OCH3 is 1. The number of nitrogens with zero attached hydrogens (tertiary/aromatic N) is 3. The molecule has 1 aromatic carbocycles. The van der Waals surface area contributed by atoms with E-state index in [0.29, 0.717) is 52.2 Å². The lowest BCUT2D eigenvalue weighted by molar-refractivity contribution is -0.143. The second-order valence-electron chi connectivity index (χ2n) is 7.86. The molecule has 8 heteroatoms. The number of benzene rings is 1. The van der Waals surface area contributed by atoms with Crippen molar-refractivity contribution < 1.29 is 23.9 Å². The van der Waals surface area contributed by atoms with Crippen molar-refractivity contribution in [3.05, 3.63) is 35.9 Å². The van der Waals surface area contributed by atoms with Crippen LogP contribution in [0.5, 0.6) is 0 Å². The molecule has 0 aromatic heterocycles. The molecule has 0 radical (unpaired) electrons. The van der Waals surface area contributed by atoms with Crippen LogP contribution < -0.4 is 0 Å². The first-order chi connectivity index (χ1) is 14.5. The summed E-state index contributed by atoms with van der Waals surface area (Å²) in [6.45, 7) is 5.43. The molecular formula is C22H31N3O5. The van der Waals surface area contributed by atoms with Gasteiger partial charge in [-0.1, -0.05) is 30.3 Å². The normalized spacial score (nSPS) is 19.7. The summed E-state index contributed by atoms with van der Waals surface area (Å²) in [5.74, 6) is -0.273. The van der Waals surface area contributed by atoms with Crippen LogP contribution in [-0.4, -0.2) is 91.2 Å². The highest BCUT2D eigenvalue weighted by Crippen LogP contribution is 2.18. The van der Waals surface area contributed by atoms with Crippen LogP contribution in [0.3, 0.4) is 0 Å². The lowest BCUT2D eigenvalue weighted by atomic mass is 10.0. The van der Waals surface area contributed by atoms with Gasteiger partial charge in [-0.3, -0.25) is 19.4 Å². The maximum atomic E-state index is 13.4. The third-order valence-corrected chi connectivity index (χ3v) is 5.88. The standard InChI is InChI=1S/C22H31N3O5/c1-17(15-20(26)29-2)23-10-12-24(13-11-23)21(27)19(16-18-7-4-3-5-8-18)25-9-6-14-30-22(25)28/h3-5,7-8,17,19H,6,9-16H2,1-2H3/t17-,19-/m0/s1. The van der Waals surface area contributed by atoms with Crippen LogP contribution in [0.2, 0.25) is 0 Å². The molecule has 30 heavy (non-hydrogen) atoms. The zero-order chi connectivity index (χ0) is 21.5. The average molecular weight is 418 g/mol. The zero-order valence-corrected chi connectivity index (χ0v) is 17.8. The molecule has 1 aromatic rings. The molecule has 0 saturated carbocycles. The third-order valence-electron chi connectivity index (χ3n) is 5.88. The number of hydrogen-bond donors (Lipinski definition) is 0. The summed E-state index contributed by atoms with van der Waals surface area (Å²) >= 11 is 0. The Morgan fingerprint density at radius 1 is 1.10 bits per heavy atom. The van der Waals surface area contributed by atoms with Gasteiger partial charge in [0.15, 0.2) is 0 Å². The highest BCUT2D eigenvalue weighted by molar-refractivity contribution is 5.86. The molecule has 8 nitrogen and oxygen atoms in total. The fraction of sp³-hybridized carbons (Fsp3) is 0.591. The predicted molar refractivity (Wildman–Crippen MR) is 111 cm³/mol. The molecule has 2 heterocycles. The number of amides is 2. The van der Waals surface area contributed by atoms with Gasteiger partial charge in [-0.25, -0.2) is 4.79 Å². The van der Waals surface area contributed by atoms with Crippen LogP contribution in [0.4, 0.5) is 4.79 Å². The topological polar surface area (TPSA) is 79.4 Å². The summed E-state index contributed by atoms with van der Waals surface area (Å²) in [6, 6.07) is 9.25. The molecule has 2 aliphatic rings. The summed E-state index contributed by atoms with van der Waals surface area (Å²) in [4.78, 5) is 42.9. The summed E-state index contributed by atoms with van der Waals surface area (Å²) in [7, 11) is 1.39. The SMILES string of the molecule is COC(=O)C[C@H](C)N1CCN(C(=O)[C@H](Cc2ccccc2)N2CCCOC2=O)CC1. The Bertz CT molecular complexity index is 734. The maximum Gasteiger partial charge on any atom is 0.410 e. The zero-order valence-electron chi connectivity index (χ0n) is 17.8. The summed E-state index contributed by atoms with van der Waals surface area (Å²) in [5.41, 5.74) is 1.01. The van der Waals surface area contributed by atoms with Crippen molar-refractivity contribution in [2.75, 3.05) is 46.4 Å². The molecule has 3 rings (SSSR count). The predicted octanol–water partition coefficient (Wildman–Crippen LogP) is 1.54. The van der Waals surface area contributed by atoms with Gasteiger partial charge in [0, 0.05) is 45.2 Å². The Kier molecular flexibility index (Phi) is 7.68. The van der Waals surface area contributed by atoms with Crippen molar-refractivity contribution in [3.63, 3.8) is 0 Å². The van der Waals surface area contributed by atoms with Crippen molar-refractivity contribution in [1.82, 2.24) is 14.7 Å². The molecule has 2 saturated heterocycles. The largest absolute Gasteiger partial charge is 0.469 e. The van der Waals surface area contributed by atoms with Gasteiger partial charge in [0.1, 0.15) is 6.04 Å². The molecule has 0 unspecified atom stereocenters. The van der Waals surface area contributed by atoms with Crippen LogP contribution in [0.15, 0.2) is 30.3 Å². The quantitative estimate of drug-likeness (QED) is 0.626. The molecule has 0 aliphatic carbocycles. The van der Waals surface area contributed by atoms with Crippen LogP contribution in [0.25, 0.3) is 0 Å². The number of esters is 1. The Morgan fingerprint density at radius 3 is 2.43 bits per heavy atom. The first-order valence-electron chi connectivity index (χ1n) is 10.6. The van der Waals surface area contributed by atoms with Gasteiger partial charge in [-0.15, -0.1) is 0 Å². The minimum absolute atomic E-state index is 0.0435. The van der Waals surface area contributed by atoms with Gasteiger partial charge in [-0.2, -0.15) is 0 Å². The smallest absolute Gasteiger partial charge is 0.410 e. The van der Waals surface area contributed by atoms with Crippen molar-refractivity contribution in [2.24, 2.45) is 0 Å². The number of carbonyl (C=O) groups is 3. The van der Waals surface area contributed by atoms with E-state index in [1.807, 2.05) is 42.2 Å². The van der Waals surface area contributed by atoms with E-state index < -0.39 is 12.1 Å². The molecule has 0 spiro atoms. The van der Waals surface area contributed by atoms with E-state index in [0.717, 1.165) is 12.0 Å². The molecule has 2 atom stereocenters. The average Bonchev–Trinajstić information content (AvgIpc) is 2.78. The summed E-state index contributed by atoms with van der Waals surface area (Å²) in [6.07, 6.45) is 1.11. The van der Waals surface area contributed by atoms with Crippen LogP contribution in [-0.2, 0) is 25.5 Å². The lowest BCUT2D eigenvalue weighted by Gasteiger charge is -2.41. The van der Waals surface area contributed by atoms with E-state index in [2.05, 4.69) is 4.90 Å². The van der Waals surface area contributed by atoms with Crippen molar-refractivity contribution in [3.8, 4) is 0 Å². The van der Waals surface area contributed by atoms with Crippen molar-refractivity contribution in [1.29, 1.82) is 0 Å². The number of hydrogen-bond acceptors (Lipinski definition) is 6. The Labute approximate surface area is 177 Å². The number of cyclic esters (lactones) is 1. The van der Waals surface area contributed by atoms with Gasteiger partial charge in [0.25, 0.3) is 0 Å². The van der Waals surface area contributed by atoms with Crippen LogP contribution in [0.1, 0.15) is 25.3 Å². The van der Waals surface area contributed by atoms with E-state index in [9.17, 15) is 14.4 Å². The van der Waals surface area contributed by atoms with Crippen molar-refractivity contribution >= 4 is 18.0 Å². The maximum absolute atomic E-state index is 13.4. The third kappa shape index (κ3) is 5.50. The van der Waals surface area contributed by atoms with E-state index in [4.69, 9.17) is 9.47 Å². The van der Waals surface area contributed by atoms with Crippen LogP contribution in [0, 0.1) is 0 Å². The monoisotopic (exact) mass is 417 g/mol. The minimum Gasteiger partial charge on any atom is -0.469 e. The lowest BCUT2D eigenvalue weighted by Crippen LogP contribution is -2.58. The fourth-order valence-electron chi connectivity index (χ4n) is 4.07. The first kappa shape index (κ1) is 22.1. The Hall–Kier alpha value is -2.61. The molecule has 2 aliphatic heterocycles. The van der Waals surface area contributed by atoms with Crippen molar-refractivity contribution in [2.45, 2.75) is 38.3 Å². The molecular weight excluding hydrogens is 386 g/mol. The fourth-order valence-corrected chi connectivity index (χ4v) is 4.07. The van der Waals surface area contributed by atoms with E-state index in [1.54, 1.807) is 4.90 Å². The van der Waals surface area contributed by atoms with E-state index in [1.165, 1.54) is 7.11 Å². The van der Waals surface area contributed by atoms with Gasteiger partial charge in [-0.05, 0) is 18.9 Å². The first-order valence-corrected chi connectivity index (χ1v) is 10.6. The molecule has 2 amide bonds. The molecule has 164 valence electrons. The molecule has 0 N–H and O–H groups in total. The van der Waals surface area contributed by atoms with Gasteiger partial charge >= 0.3 is 12.1 Å². The number of piperazine rings is 1. The van der Waals surface area contributed by atoms with Gasteiger partial charge in [0.2, 0.25) is 5.91 Å². The van der Waals surface area contributed by atoms with Gasteiger partial charge in [0.05, 0.1) is 20.1 Å². The number of ether oxygens (including phenoxy) is 2. The van der Waals surface area contributed by atoms with E-state index >= 15 is 0 Å². The molecule has 0 bridgehead atoms. The summed E-state index contributed by atoms with van der Waals surface area (Å²) in [5, 5.41) is 0. The Balaban J connectivity index is 1.66. The van der Waals surface area contributed by atoms with Gasteiger partial charge < -0.3 is 14.4 Å². The molecule has 2 fully saturated rings. The minimum atomic E-state index is -0.570. The highest BCUT2D eigenvalue weighted by atomic mass is 16.6.